The molecule has 0 saturated heterocycles. The Bertz CT molecular complexity index is 650. The van der Waals surface area contributed by atoms with E-state index in [0.717, 1.165) is 0 Å². The fourth-order valence-electron chi connectivity index (χ4n) is 1.31. The fourth-order valence-corrected chi connectivity index (χ4v) is 1.55. The monoisotopic (exact) mass is 240 g/mol. The quantitative estimate of drug-likeness (QED) is 0.677. The second kappa shape index (κ2) is 3.49. The van der Waals surface area contributed by atoms with Crippen LogP contribution in [0.15, 0.2) is 23.0 Å². The van der Waals surface area contributed by atoms with Crippen LogP contribution in [-0.4, -0.2) is 25.9 Å². The highest BCUT2D eigenvalue weighted by molar-refractivity contribution is 6.29. The molecule has 7 heteroatoms. The van der Waals surface area contributed by atoms with E-state index in [2.05, 4.69) is 4.98 Å². The van der Waals surface area contributed by atoms with E-state index in [1.54, 1.807) is 0 Å². The van der Waals surface area contributed by atoms with Crippen LogP contribution in [0.5, 0.6) is 5.75 Å². The van der Waals surface area contributed by atoms with Gasteiger partial charge in [-0.25, -0.2) is 9.78 Å². The van der Waals surface area contributed by atoms with E-state index < -0.39 is 16.9 Å². The zero-order valence-electron chi connectivity index (χ0n) is 7.72. The van der Waals surface area contributed by atoms with Crippen LogP contribution < -0.4 is 5.56 Å². The third-order valence-corrected chi connectivity index (χ3v) is 2.26. The molecule has 1 aromatic carbocycles. The van der Waals surface area contributed by atoms with Crippen LogP contribution in [0.3, 0.4) is 0 Å². The molecule has 16 heavy (non-hydrogen) atoms. The average molecular weight is 241 g/mol. The highest BCUT2D eigenvalue weighted by Crippen LogP contribution is 2.17. The van der Waals surface area contributed by atoms with Gasteiger partial charge in [-0.05, 0) is 23.7 Å². The molecule has 0 fully saturated rings. The van der Waals surface area contributed by atoms with Gasteiger partial charge in [-0.3, -0.25) is 4.79 Å². The van der Waals surface area contributed by atoms with Gasteiger partial charge in [-0.15, -0.1) is 0 Å². The molecule has 2 rings (SSSR count). The maximum atomic E-state index is 11.7. The second-order valence-corrected chi connectivity index (χ2v) is 3.34. The number of halogens is 1. The number of benzene rings is 1. The summed E-state index contributed by atoms with van der Waals surface area (Å²) >= 11 is 5.55. The number of aromatic hydroxyl groups is 1. The number of carbonyl (C=O) groups is 1. The molecule has 6 nitrogen and oxygen atoms in total. The molecule has 2 N–H and O–H groups in total. The van der Waals surface area contributed by atoms with Gasteiger partial charge in [-0.1, -0.05) is 0 Å². The van der Waals surface area contributed by atoms with Crippen molar-refractivity contribution in [3.05, 3.63) is 33.8 Å². The van der Waals surface area contributed by atoms with Gasteiger partial charge in [0.1, 0.15) is 5.75 Å². The van der Waals surface area contributed by atoms with E-state index in [1.807, 2.05) is 0 Å². The van der Waals surface area contributed by atoms with Crippen LogP contribution in [0.4, 0.5) is 4.79 Å². The lowest BCUT2D eigenvalue weighted by atomic mass is 10.2. The van der Waals surface area contributed by atoms with E-state index in [4.69, 9.17) is 16.7 Å². The third-order valence-electron chi connectivity index (χ3n) is 2.00. The summed E-state index contributed by atoms with van der Waals surface area (Å²) in [4.78, 5) is 26.1. The minimum atomic E-state index is -1.50. The molecule has 0 spiro atoms. The van der Waals surface area contributed by atoms with Crippen LogP contribution in [0, 0.1) is 0 Å². The van der Waals surface area contributed by atoms with Crippen LogP contribution in [0.25, 0.3) is 10.9 Å². The van der Waals surface area contributed by atoms with E-state index in [9.17, 15) is 14.7 Å². The molecule has 0 radical (unpaired) electrons. The second-order valence-electron chi connectivity index (χ2n) is 3.01. The van der Waals surface area contributed by atoms with E-state index >= 15 is 0 Å². The number of hydrogen-bond donors (Lipinski definition) is 2. The number of hydrogen-bond acceptors (Lipinski definition) is 4. The van der Waals surface area contributed by atoms with E-state index in [0.29, 0.717) is 4.57 Å². The summed E-state index contributed by atoms with van der Waals surface area (Å²) in [5.41, 5.74) is -0.644. The summed E-state index contributed by atoms with van der Waals surface area (Å²) in [5.74, 6) is -0.0801. The van der Waals surface area contributed by atoms with Crippen molar-refractivity contribution in [2.45, 2.75) is 0 Å². The highest BCUT2D eigenvalue weighted by atomic mass is 35.5. The number of rotatable bonds is 0. The van der Waals surface area contributed by atoms with Crippen molar-refractivity contribution in [2.75, 3.05) is 0 Å². The molecule has 0 bridgehead atoms. The van der Waals surface area contributed by atoms with Crippen LogP contribution in [0.2, 0.25) is 5.28 Å². The Hall–Kier alpha value is -2.08. The van der Waals surface area contributed by atoms with Gasteiger partial charge in [0.2, 0.25) is 5.28 Å². The van der Waals surface area contributed by atoms with E-state index in [1.165, 1.54) is 18.2 Å². The molecular formula is C9H5ClN2O4. The molecule has 0 aliphatic carbocycles. The number of aromatic nitrogens is 2. The molecule has 82 valence electrons. The zero-order chi connectivity index (χ0) is 11.9. The summed E-state index contributed by atoms with van der Waals surface area (Å²) in [5, 5.41) is 17.5. The van der Waals surface area contributed by atoms with Crippen LogP contribution in [0.1, 0.15) is 0 Å². The SMILES string of the molecule is O=C(O)n1c(Cl)nc2cc(O)ccc2c1=O. The van der Waals surface area contributed by atoms with Gasteiger partial charge in [0.15, 0.2) is 0 Å². The summed E-state index contributed by atoms with van der Waals surface area (Å²) in [6.45, 7) is 0. The number of phenols is 1. The number of phenolic OH excluding ortho intramolecular Hbond substituents is 1. The van der Waals surface area contributed by atoms with Crippen LogP contribution in [-0.2, 0) is 0 Å². The van der Waals surface area contributed by atoms with Crippen molar-refractivity contribution in [3.63, 3.8) is 0 Å². The van der Waals surface area contributed by atoms with Gasteiger partial charge in [0, 0.05) is 6.07 Å². The van der Waals surface area contributed by atoms with Crippen molar-refractivity contribution in [1.82, 2.24) is 9.55 Å². The fraction of sp³-hybridized carbons (Fsp3) is 0. The molecule has 1 heterocycles. The summed E-state index contributed by atoms with van der Waals surface area (Å²) < 4.78 is 0.334. The zero-order valence-corrected chi connectivity index (χ0v) is 8.47. The lowest BCUT2D eigenvalue weighted by molar-refractivity contribution is 0.195. The Labute approximate surface area is 93.3 Å². The minimum absolute atomic E-state index is 0.0737. The number of carboxylic acid groups (broad SMARTS) is 1. The van der Waals surface area contributed by atoms with Crippen molar-refractivity contribution in [2.24, 2.45) is 0 Å². The summed E-state index contributed by atoms with van der Waals surface area (Å²) in [6.07, 6.45) is -1.50. The Morgan fingerprint density at radius 1 is 1.44 bits per heavy atom. The molecule has 1 aromatic heterocycles. The topological polar surface area (TPSA) is 92.4 Å². The maximum absolute atomic E-state index is 11.7. The molecule has 0 aliphatic heterocycles. The third kappa shape index (κ3) is 1.49. The Kier molecular flexibility index (Phi) is 2.28. The largest absolute Gasteiger partial charge is 0.508 e. The van der Waals surface area contributed by atoms with E-state index in [-0.39, 0.29) is 16.7 Å². The van der Waals surface area contributed by atoms with Crippen molar-refractivity contribution >= 4 is 28.6 Å². The van der Waals surface area contributed by atoms with Gasteiger partial charge in [-0.2, -0.15) is 4.57 Å². The molecule has 0 aliphatic rings. The normalized spacial score (nSPS) is 10.6. The first-order valence-electron chi connectivity index (χ1n) is 4.15. The molecular weight excluding hydrogens is 236 g/mol. The maximum Gasteiger partial charge on any atom is 0.421 e. The molecule has 2 aromatic rings. The number of nitrogens with zero attached hydrogens (tertiary/aromatic N) is 2. The summed E-state index contributed by atoms with van der Waals surface area (Å²) in [7, 11) is 0. The van der Waals surface area contributed by atoms with Gasteiger partial charge in [0.25, 0.3) is 5.56 Å². The predicted molar refractivity (Wildman–Crippen MR) is 56.1 cm³/mol. The Morgan fingerprint density at radius 2 is 2.12 bits per heavy atom. The molecule has 0 unspecified atom stereocenters. The first-order valence-corrected chi connectivity index (χ1v) is 4.53. The highest BCUT2D eigenvalue weighted by Gasteiger charge is 2.14. The lowest BCUT2D eigenvalue weighted by Gasteiger charge is -2.03. The molecule has 0 amide bonds. The lowest BCUT2D eigenvalue weighted by Crippen LogP contribution is -2.27. The first kappa shape index (κ1) is 10.4. The number of fused-ring (bicyclic) bond motifs is 1. The van der Waals surface area contributed by atoms with Crippen molar-refractivity contribution in [1.29, 1.82) is 0 Å². The van der Waals surface area contributed by atoms with Gasteiger partial charge >= 0.3 is 6.09 Å². The Morgan fingerprint density at radius 3 is 2.75 bits per heavy atom. The smallest absolute Gasteiger partial charge is 0.421 e. The van der Waals surface area contributed by atoms with Gasteiger partial charge in [0.05, 0.1) is 10.9 Å². The predicted octanol–water partition coefficient (Wildman–Crippen LogP) is 1.28. The van der Waals surface area contributed by atoms with Gasteiger partial charge < -0.3 is 10.2 Å². The van der Waals surface area contributed by atoms with Crippen molar-refractivity contribution < 1.29 is 15.0 Å². The first-order chi connectivity index (χ1) is 7.50. The van der Waals surface area contributed by atoms with Crippen LogP contribution >= 0.6 is 11.6 Å². The molecule has 0 atom stereocenters. The average Bonchev–Trinajstić information content (AvgIpc) is 2.15. The molecule has 0 saturated carbocycles. The van der Waals surface area contributed by atoms with Crippen molar-refractivity contribution in [3.8, 4) is 5.75 Å². The standard InChI is InChI=1S/C9H5ClN2O4/c10-8-11-6-3-4(13)1-2-5(6)7(14)12(8)9(15)16/h1-3,13H,(H,15,16). The summed E-state index contributed by atoms with van der Waals surface area (Å²) in [6, 6.07) is 3.79. The minimum Gasteiger partial charge on any atom is -0.508 e. The Balaban J connectivity index is 2.95.